The largest absolute Gasteiger partial charge is 0.507 e. The van der Waals surface area contributed by atoms with Gasteiger partial charge in [0.25, 0.3) is 5.91 Å². The number of aromatic hydroxyl groups is 1. The summed E-state index contributed by atoms with van der Waals surface area (Å²) in [6, 6.07) is 13.5. The molecule has 0 saturated carbocycles. The third-order valence-electron chi connectivity index (χ3n) is 3.01. The van der Waals surface area contributed by atoms with Gasteiger partial charge in [0.1, 0.15) is 23.1 Å². The van der Waals surface area contributed by atoms with Gasteiger partial charge in [-0.05, 0) is 36.4 Å². The van der Waals surface area contributed by atoms with Crippen LogP contribution in [0.5, 0.6) is 11.5 Å². The summed E-state index contributed by atoms with van der Waals surface area (Å²) in [5, 5.41) is 21.6. The number of hydrogen-bond acceptors (Lipinski definition) is 4. The van der Waals surface area contributed by atoms with Crippen molar-refractivity contribution in [3.8, 4) is 17.6 Å². The van der Waals surface area contributed by atoms with Crippen molar-refractivity contribution in [1.82, 2.24) is 0 Å². The first-order valence-electron chi connectivity index (χ1n) is 6.60. The molecule has 0 heterocycles. The van der Waals surface area contributed by atoms with Gasteiger partial charge in [0.15, 0.2) is 0 Å². The first kappa shape index (κ1) is 16.6. The fourth-order valence-corrected chi connectivity index (χ4v) is 2.26. The summed E-state index contributed by atoms with van der Waals surface area (Å²) in [7, 11) is 1.49. The van der Waals surface area contributed by atoms with E-state index < -0.39 is 5.91 Å². The van der Waals surface area contributed by atoms with E-state index in [0.29, 0.717) is 17.0 Å². The fourth-order valence-electron chi connectivity index (χ4n) is 1.88. The maximum Gasteiger partial charge on any atom is 0.266 e. The summed E-state index contributed by atoms with van der Waals surface area (Å²) in [6.45, 7) is 0. The molecule has 5 nitrogen and oxygen atoms in total. The number of rotatable bonds is 4. The molecule has 2 N–H and O–H groups in total. The Morgan fingerprint density at radius 3 is 2.78 bits per heavy atom. The number of carbonyl (C=O) groups is 1. The van der Waals surface area contributed by atoms with E-state index in [4.69, 9.17) is 4.74 Å². The molecule has 0 spiro atoms. The highest BCUT2D eigenvalue weighted by molar-refractivity contribution is 9.10. The van der Waals surface area contributed by atoms with Gasteiger partial charge in [0, 0.05) is 10.0 Å². The minimum absolute atomic E-state index is 0.0222. The highest BCUT2D eigenvalue weighted by Crippen LogP contribution is 2.26. The number of phenolic OH excluding ortho intramolecular Hbond substituents is 1. The number of para-hydroxylation sites is 2. The molecule has 6 heteroatoms. The van der Waals surface area contributed by atoms with Crippen LogP contribution in [0.1, 0.15) is 5.56 Å². The van der Waals surface area contributed by atoms with Crippen LogP contribution in [-0.4, -0.2) is 18.1 Å². The van der Waals surface area contributed by atoms with E-state index in [1.165, 1.54) is 19.3 Å². The number of benzene rings is 2. The number of amides is 1. The Hall–Kier alpha value is -2.78. The molecule has 23 heavy (non-hydrogen) atoms. The number of carbonyl (C=O) groups excluding carboxylic acids is 1. The van der Waals surface area contributed by atoms with Crippen molar-refractivity contribution in [3.63, 3.8) is 0 Å². The lowest BCUT2D eigenvalue weighted by Gasteiger charge is -2.09. The molecule has 116 valence electrons. The van der Waals surface area contributed by atoms with Crippen LogP contribution in [-0.2, 0) is 4.79 Å². The molecule has 2 aromatic rings. The van der Waals surface area contributed by atoms with Crippen molar-refractivity contribution in [2.45, 2.75) is 0 Å². The summed E-state index contributed by atoms with van der Waals surface area (Å²) < 4.78 is 5.88. The van der Waals surface area contributed by atoms with Gasteiger partial charge in [-0.3, -0.25) is 4.79 Å². The van der Waals surface area contributed by atoms with Gasteiger partial charge < -0.3 is 15.2 Å². The zero-order valence-electron chi connectivity index (χ0n) is 12.2. The van der Waals surface area contributed by atoms with Gasteiger partial charge in [-0.1, -0.05) is 28.1 Å². The highest BCUT2D eigenvalue weighted by Gasteiger charge is 2.13. The molecule has 0 aliphatic rings. The molecule has 0 radical (unpaired) electrons. The molecule has 0 atom stereocenters. The molecular weight excluding hydrogens is 360 g/mol. The number of nitriles is 1. The molecule has 0 aliphatic carbocycles. The van der Waals surface area contributed by atoms with E-state index in [-0.39, 0.29) is 11.3 Å². The van der Waals surface area contributed by atoms with Crippen molar-refractivity contribution >= 4 is 33.6 Å². The molecule has 0 aliphatic heterocycles. The number of nitrogens with one attached hydrogen (secondary N) is 1. The maximum atomic E-state index is 12.3. The van der Waals surface area contributed by atoms with E-state index in [1.54, 1.807) is 36.4 Å². The molecule has 1 amide bonds. The Morgan fingerprint density at radius 1 is 1.35 bits per heavy atom. The van der Waals surface area contributed by atoms with E-state index in [1.807, 2.05) is 6.07 Å². The summed E-state index contributed by atoms with van der Waals surface area (Å²) in [5.74, 6) is -0.120. The smallest absolute Gasteiger partial charge is 0.266 e. The predicted molar refractivity (Wildman–Crippen MR) is 91.0 cm³/mol. The van der Waals surface area contributed by atoms with Gasteiger partial charge in [-0.15, -0.1) is 0 Å². The second-order valence-corrected chi connectivity index (χ2v) is 5.44. The third-order valence-corrected chi connectivity index (χ3v) is 3.50. The first-order chi connectivity index (χ1) is 11.0. The summed E-state index contributed by atoms with van der Waals surface area (Å²) in [5.41, 5.74) is 0.690. The van der Waals surface area contributed by atoms with Crippen molar-refractivity contribution in [1.29, 1.82) is 5.26 Å². The van der Waals surface area contributed by atoms with Crippen molar-refractivity contribution in [2.24, 2.45) is 0 Å². The van der Waals surface area contributed by atoms with E-state index in [9.17, 15) is 15.2 Å². The van der Waals surface area contributed by atoms with Gasteiger partial charge >= 0.3 is 0 Å². The third kappa shape index (κ3) is 4.11. The number of hydrogen-bond donors (Lipinski definition) is 2. The number of halogens is 1. The second kappa shape index (κ2) is 7.47. The second-order valence-electron chi connectivity index (χ2n) is 4.53. The number of nitrogens with zero attached hydrogens (tertiary/aromatic N) is 1. The van der Waals surface area contributed by atoms with Gasteiger partial charge in [0.05, 0.1) is 12.8 Å². The van der Waals surface area contributed by atoms with Crippen LogP contribution in [0.2, 0.25) is 0 Å². The summed E-state index contributed by atoms with van der Waals surface area (Å²) >= 11 is 3.28. The lowest BCUT2D eigenvalue weighted by atomic mass is 10.1. The summed E-state index contributed by atoms with van der Waals surface area (Å²) in [6.07, 6.45) is 1.32. The molecule has 0 fully saturated rings. The molecule has 0 unspecified atom stereocenters. The van der Waals surface area contributed by atoms with Crippen LogP contribution in [0.15, 0.2) is 52.5 Å². The standard InChI is InChI=1S/C17H13BrN2O3/c1-23-16-5-3-2-4-14(16)20-17(22)12(10-19)8-11-9-13(18)6-7-15(11)21/h2-9,21H,1H3,(H,20,22). The number of anilines is 1. The minimum Gasteiger partial charge on any atom is -0.507 e. The molecule has 2 rings (SSSR count). The van der Waals surface area contributed by atoms with Crippen LogP contribution >= 0.6 is 15.9 Å². The Balaban J connectivity index is 2.30. The Bertz CT molecular complexity index is 810. The van der Waals surface area contributed by atoms with Crippen LogP contribution in [0, 0.1) is 11.3 Å². The van der Waals surface area contributed by atoms with Gasteiger partial charge in [0.2, 0.25) is 0 Å². The number of ether oxygens (including phenoxy) is 1. The lowest BCUT2D eigenvalue weighted by Crippen LogP contribution is -2.14. The lowest BCUT2D eigenvalue weighted by molar-refractivity contribution is -0.112. The van der Waals surface area contributed by atoms with Crippen LogP contribution < -0.4 is 10.1 Å². The monoisotopic (exact) mass is 372 g/mol. The van der Waals surface area contributed by atoms with Crippen LogP contribution in [0.4, 0.5) is 5.69 Å². The first-order valence-corrected chi connectivity index (χ1v) is 7.39. The predicted octanol–water partition coefficient (Wildman–Crippen LogP) is 3.71. The summed E-state index contributed by atoms with van der Waals surface area (Å²) in [4.78, 5) is 12.3. The van der Waals surface area contributed by atoms with Gasteiger partial charge in [-0.25, -0.2) is 0 Å². The molecule has 0 aromatic heterocycles. The highest BCUT2D eigenvalue weighted by atomic mass is 79.9. The van der Waals surface area contributed by atoms with Gasteiger partial charge in [-0.2, -0.15) is 5.26 Å². The molecule has 2 aromatic carbocycles. The average Bonchev–Trinajstić information content (AvgIpc) is 2.56. The SMILES string of the molecule is COc1ccccc1NC(=O)C(C#N)=Cc1cc(Br)ccc1O. The zero-order chi connectivity index (χ0) is 16.8. The topological polar surface area (TPSA) is 82.3 Å². The van der Waals surface area contributed by atoms with Crippen LogP contribution in [0.25, 0.3) is 6.08 Å². The Kier molecular flexibility index (Phi) is 5.39. The van der Waals surface area contributed by atoms with E-state index >= 15 is 0 Å². The normalized spacial score (nSPS) is 10.7. The Morgan fingerprint density at radius 2 is 2.09 bits per heavy atom. The average molecular weight is 373 g/mol. The minimum atomic E-state index is -0.587. The van der Waals surface area contributed by atoms with E-state index in [2.05, 4.69) is 21.2 Å². The Labute approximate surface area is 142 Å². The molecule has 0 saturated heterocycles. The number of methoxy groups -OCH3 is 1. The van der Waals surface area contributed by atoms with E-state index in [0.717, 1.165) is 4.47 Å². The molecular formula is C17H13BrN2O3. The fraction of sp³-hybridized carbons (Fsp3) is 0.0588. The zero-order valence-corrected chi connectivity index (χ0v) is 13.8. The molecule has 0 bridgehead atoms. The van der Waals surface area contributed by atoms with Crippen LogP contribution in [0.3, 0.4) is 0 Å². The van der Waals surface area contributed by atoms with Crippen molar-refractivity contribution in [3.05, 3.63) is 58.1 Å². The number of phenols is 1. The maximum absolute atomic E-state index is 12.3. The quantitative estimate of drug-likeness (QED) is 0.632. The van der Waals surface area contributed by atoms with Crippen molar-refractivity contribution < 1.29 is 14.6 Å². The van der Waals surface area contributed by atoms with Crippen molar-refractivity contribution in [2.75, 3.05) is 12.4 Å².